The molecule has 2 aromatic rings. The molecule has 3 heterocycles. The minimum atomic E-state index is 0.169. The number of amides is 1. The molecule has 6 nitrogen and oxygen atoms in total. The summed E-state index contributed by atoms with van der Waals surface area (Å²) in [6.07, 6.45) is 7.24. The number of carbonyl (C=O) groups excluding carboxylic acids is 1. The highest BCUT2D eigenvalue weighted by Gasteiger charge is 2.26. The number of hydrogen-bond acceptors (Lipinski definition) is 4. The lowest BCUT2D eigenvalue weighted by Gasteiger charge is -2.35. The van der Waals surface area contributed by atoms with Crippen molar-refractivity contribution in [2.24, 2.45) is 10.9 Å². The number of thiophene rings is 1. The second-order valence-electron chi connectivity index (χ2n) is 8.07. The van der Waals surface area contributed by atoms with E-state index in [2.05, 4.69) is 42.0 Å². The maximum absolute atomic E-state index is 12.7. The molecule has 2 N–H and O–H groups in total. The highest BCUT2D eigenvalue weighted by atomic mass is 32.1. The van der Waals surface area contributed by atoms with Crippen LogP contribution in [-0.2, 0) is 17.6 Å². The van der Waals surface area contributed by atoms with Gasteiger partial charge in [-0.3, -0.25) is 9.79 Å². The molecule has 1 fully saturated rings. The van der Waals surface area contributed by atoms with Crippen LogP contribution in [0.4, 0.5) is 0 Å². The molecule has 170 valence electrons. The first-order valence-corrected chi connectivity index (χ1v) is 12.5. The highest BCUT2D eigenvalue weighted by Crippen LogP contribution is 2.17. The number of nitrogens with one attached hydrogen (secondary N) is 2. The Morgan fingerprint density at radius 1 is 1.23 bits per heavy atom. The van der Waals surface area contributed by atoms with E-state index in [1.165, 1.54) is 4.88 Å². The van der Waals surface area contributed by atoms with Crippen molar-refractivity contribution in [1.29, 1.82) is 0 Å². The molecule has 31 heavy (non-hydrogen) atoms. The lowest BCUT2D eigenvalue weighted by Crippen LogP contribution is -2.51. The number of hydrogen-bond donors (Lipinski definition) is 2. The van der Waals surface area contributed by atoms with Crippen LogP contribution in [0.5, 0.6) is 0 Å². The Balaban J connectivity index is 1.50. The lowest BCUT2D eigenvalue weighted by molar-refractivity contribution is -0.136. The number of nitrogens with zero attached hydrogens (tertiary/aromatic N) is 2. The van der Waals surface area contributed by atoms with E-state index < -0.39 is 0 Å². The standard InChI is InChI=1S/C24H36N4O2S/c1-3-19(4-2)23(29)28-15-11-20(12-16-28)27-24(25-13-9-21-7-5-17-30-21)26-14-10-22-8-6-18-31-22/h5-8,17-20H,3-4,9-16H2,1-2H3,(H2,25,26,27). The third kappa shape index (κ3) is 7.42. The van der Waals surface area contributed by atoms with Gasteiger partial charge in [0.25, 0.3) is 0 Å². The van der Waals surface area contributed by atoms with Gasteiger partial charge < -0.3 is 20.0 Å². The van der Waals surface area contributed by atoms with Gasteiger partial charge in [-0.05, 0) is 49.3 Å². The van der Waals surface area contributed by atoms with Gasteiger partial charge in [0.2, 0.25) is 5.91 Å². The first-order valence-electron chi connectivity index (χ1n) is 11.6. The number of furan rings is 1. The van der Waals surface area contributed by atoms with Gasteiger partial charge in [-0.1, -0.05) is 19.9 Å². The molecule has 3 rings (SSSR count). The largest absolute Gasteiger partial charge is 0.469 e. The number of likely N-dealkylation sites (tertiary alicyclic amines) is 1. The fourth-order valence-corrected chi connectivity index (χ4v) is 4.68. The van der Waals surface area contributed by atoms with Gasteiger partial charge in [0, 0.05) is 55.9 Å². The van der Waals surface area contributed by atoms with Gasteiger partial charge in [-0.2, -0.15) is 0 Å². The average molecular weight is 445 g/mol. The summed E-state index contributed by atoms with van der Waals surface area (Å²) in [4.78, 5) is 20.9. The van der Waals surface area contributed by atoms with Crippen LogP contribution in [0.2, 0.25) is 0 Å². The summed E-state index contributed by atoms with van der Waals surface area (Å²) in [5.74, 6) is 2.32. The van der Waals surface area contributed by atoms with E-state index in [-0.39, 0.29) is 5.92 Å². The predicted molar refractivity (Wildman–Crippen MR) is 128 cm³/mol. The van der Waals surface area contributed by atoms with Gasteiger partial charge in [0.1, 0.15) is 5.76 Å². The molecule has 0 spiro atoms. The van der Waals surface area contributed by atoms with Gasteiger partial charge in [0.05, 0.1) is 6.26 Å². The molecule has 0 aliphatic carbocycles. The second kappa shape index (κ2) is 12.5. The number of guanidine groups is 1. The zero-order chi connectivity index (χ0) is 21.9. The molecule has 0 atom stereocenters. The van der Waals surface area contributed by atoms with Crippen molar-refractivity contribution in [1.82, 2.24) is 15.5 Å². The van der Waals surface area contributed by atoms with E-state index in [0.717, 1.165) is 76.4 Å². The van der Waals surface area contributed by atoms with Crippen molar-refractivity contribution < 1.29 is 9.21 Å². The number of rotatable bonds is 10. The number of piperidine rings is 1. The number of carbonyl (C=O) groups is 1. The smallest absolute Gasteiger partial charge is 0.225 e. The van der Waals surface area contributed by atoms with Crippen LogP contribution in [0.25, 0.3) is 0 Å². The SMILES string of the molecule is CCC(CC)C(=O)N1CCC(NC(=NCCc2cccs2)NCCc2ccco2)CC1. The quantitative estimate of drug-likeness (QED) is 0.428. The van der Waals surface area contributed by atoms with Gasteiger partial charge in [-0.25, -0.2) is 0 Å². The Bertz CT molecular complexity index is 777. The Kier molecular flexibility index (Phi) is 9.46. The average Bonchev–Trinajstić information content (AvgIpc) is 3.49. The third-order valence-electron chi connectivity index (χ3n) is 5.93. The summed E-state index contributed by atoms with van der Waals surface area (Å²) >= 11 is 1.78. The summed E-state index contributed by atoms with van der Waals surface area (Å²) in [6, 6.07) is 8.49. The lowest BCUT2D eigenvalue weighted by atomic mass is 9.98. The van der Waals surface area contributed by atoms with Crippen molar-refractivity contribution >= 4 is 23.2 Å². The molecule has 0 aromatic carbocycles. The van der Waals surface area contributed by atoms with Crippen LogP contribution < -0.4 is 10.6 Å². The topological polar surface area (TPSA) is 69.9 Å². The Morgan fingerprint density at radius 3 is 2.68 bits per heavy atom. The molecule has 1 amide bonds. The summed E-state index contributed by atoms with van der Waals surface area (Å²) in [5.41, 5.74) is 0. The van der Waals surface area contributed by atoms with Crippen molar-refractivity contribution in [2.75, 3.05) is 26.2 Å². The van der Waals surface area contributed by atoms with E-state index in [4.69, 9.17) is 9.41 Å². The van der Waals surface area contributed by atoms with E-state index in [1.54, 1.807) is 17.6 Å². The summed E-state index contributed by atoms with van der Waals surface area (Å²) in [6.45, 7) is 7.37. The zero-order valence-corrected chi connectivity index (χ0v) is 19.6. The first kappa shape index (κ1) is 23.4. The fraction of sp³-hybridized carbons (Fsp3) is 0.583. The van der Waals surface area contributed by atoms with E-state index in [0.29, 0.717) is 11.9 Å². The van der Waals surface area contributed by atoms with E-state index in [1.807, 2.05) is 17.0 Å². The van der Waals surface area contributed by atoms with E-state index in [9.17, 15) is 4.79 Å². The minimum Gasteiger partial charge on any atom is -0.469 e. The van der Waals surface area contributed by atoms with Gasteiger partial charge in [-0.15, -0.1) is 11.3 Å². The van der Waals surface area contributed by atoms with Crippen molar-refractivity contribution in [3.05, 3.63) is 46.5 Å². The normalized spacial score (nSPS) is 15.5. The molecule has 1 saturated heterocycles. The van der Waals surface area contributed by atoms with Crippen LogP contribution in [0.15, 0.2) is 45.3 Å². The molecule has 2 aromatic heterocycles. The molecular weight excluding hydrogens is 408 g/mol. The maximum Gasteiger partial charge on any atom is 0.225 e. The van der Waals surface area contributed by atoms with Crippen molar-refractivity contribution in [3.63, 3.8) is 0 Å². The zero-order valence-electron chi connectivity index (χ0n) is 18.8. The van der Waals surface area contributed by atoms with E-state index >= 15 is 0 Å². The Morgan fingerprint density at radius 2 is 2.03 bits per heavy atom. The van der Waals surface area contributed by atoms with Crippen LogP contribution >= 0.6 is 11.3 Å². The van der Waals surface area contributed by atoms with Crippen molar-refractivity contribution in [3.8, 4) is 0 Å². The van der Waals surface area contributed by atoms with Gasteiger partial charge >= 0.3 is 0 Å². The van der Waals surface area contributed by atoms with Crippen LogP contribution in [-0.4, -0.2) is 49.0 Å². The molecule has 1 aliphatic heterocycles. The predicted octanol–water partition coefficient (Wildman–Crippen LogP) is 4.09. The van der Waals surface area contributed by atoms with Gasteiger partial charge in [0.15, 0.2) is 5.96 Å². The summed E-state index contributed by atoms with van der Waals surface area (Å²) in [5, 5.41) is 9.17. The first-order chi connectivity index (χ1) is 15.2. The second-order valence-corrected chi connectivity index (χ2v) is 9.11. The Hall–Kier alpha value is -2.28. The molecule has 7 heteroatoms. The fourth-order valence-electron chi connectivity index (χ4n) is 3.98. The third-order valence-corrected chi connectivity index (χ3v) is 6.87. The Labute approximate surface area is 190 Å². The molecule has 1 aliphatic rings. The molecule has 0 unspecified atom stereocenters. The molecule has 0 saturated carbocycles. The van der Waals surface area contributed by atoms with Crippen LogP contribution in [0.1, 0.15) is 50.2 Å². The summed E-state index contributed by atoms with van der Waals surface area (Å²) < 4.78 is 5.43. The van der Waals surface area contributed by atoms with Crippen LogP contribution in [0.3, 0.4) is 0 Å². The number of aliphatic imine (C=N–C) groups is 1. The van der Waals surface area contributed by atoms with Crippen LogP contribution in [0, 0.1) is 5.92 Å². The highest BCUT2D eigenvalue weighted by molar-refractivity contribution is 7.09. The molecular formula is C24H36N4O2S. The maximum atomic E-state index is 12.7. The monoisotopic (exact) mass is 444 g/mol. The molecule has 0 bridgehead atoms. The minimum absolute atomic E-state index is 0.169. The van der Waals surface area contributed by atoms with Crippen molar-refractivity contribution in [2.45, 2.75) is 58.4 Å². The summed E-state index contributed by atoms with van der Waals surface area (Å²) in [7, 11) is 0. The molecule has 0 radical (unpaired) electrons.